The summed E-state index contributed by atoms with van der Waals surface area (Å²) in [4.78, 5) is 11.9. The Morgan fingerprint density at radius 1 is 1.04 bits per heavy atom. The smallest absolute Gasteiger partial charge is 0.220 e. The number of para-hydroxylation sites is 2. The number of benzene rings is 2. The summed E-state index contributed by atoms with van der Waals surface area (Å²) >= 11 is 0. The molecule has 0 spiro atoms. The zero-order valence-electron chi connectivity index (χ0n) is 14.3. The number of hydrogen-bond acceptors (Lipinski definition) is 3. The average molecular weight is 327 g/mol. The molecule has 0 saturated carbocycles. The number of ether oxygens (including phenoxy) is 2. The maximum Gasteiger partial charge on any atom is 0.220 e. The van der Waals surface area contributed by atoms with Gasteiger partial charge in [-0.05, 0) is 44.0 Å². The zero-order chi connectivity index (χ0) is 17.2. The van der Waals surface area contributed by atoms with Gasteiger partial charge in [0.05, 0.1) is 12.6 Å². The van der Waals surface area contributed by atoms with E-state index in [-0.39, 0.29) is 11.9 Å². The molecule has 128 valence electrons. The van der Waals surface area contributed by atoms with E-state index in [1.165, 1.54) is 0 Å². The molecular weight excluding hydrogens is 302 g/mol. The molecule has 0 bridgehead atoms. The summed E-state index contributed by atoms with van der Waals surface area (Å²) in [5, 5.41) is 2.95. The van der Waals surface area contributed by atoms with Gasteiger partial charge in [0.25, 0.3) is 0 Å². The normalized spacial score (nSPS) is 11.6. The van der Waals surface area contributed by atoms with E-state index < -0.39 is 0 Å². The largest absolute Gasteiger partial charge is 0.494 e. The SMILES string of the molecule is Cc1ccccc1OC[C@H](C)NC(=O)CCCOc1ccccc1. The Hall–Kier alpha value is -2.49. The van der Waals surface area contributed by atoms with Gasteiger partial charge in [-0.3, -0.25) is 4.79 Å². The second-order valence-corrected chi connectivity index (χ2v) is 5.81. The van der Waals surface area contributed by atoms with Crippen LogP contribution in [0.25, 0.3) is 0 Å². The number of carbonyl (C=O) groups excluding carboxylic acids is 1. The van der Waals surface area contributed by atoms with Gasteiger partial charge in [0.2, 0.25) is 5.91 Å². The molecule has 0 radical (unpaired) electrons. The van der Waals surface area contributed by atoms with Crippen molar-refractivity contribution in [2.24, 2.45) is 0 Å². The summed E-state index contributed by atoms with van der Waals surface area (Å²) in [6.07, 6.45) is 1.13. The summed E-state index contributed by atoms with van der Waals surface area (Å²) in [6, 6.07) is 17.4. The van der Waals surface area contributed by atoms with E-state index in [9.17, 15) is 4.79 Å². The molecule has 4 nitrogen and oxygen atoms in total. The van der Waals surface area contributed by atoms with Crippen molar-refractivity contribution in [3.63, 3.8) is 0 Å². The number of rotatable bonds is 9. The van der Waals surface area contributed by atoms with Crippen molar-refractivity contribution in [1.29, 1.82) is 0 Å². The fourth-order valence-corrected chi connectivity index (χ4v) is 2.26. The first-order valence-corrected chi connectivity index (χ1v) is 8.31. The van der Waals surface area contributed by atoms with E-state index in [0.29, 0.717) is 26.1 Å². The molecule has 0 saturated heterocycles. The van der Waals surface area contributed by atoms with Crippen LogP contribution >= 0.6 is 0 Å². The number of amides is 1. The second kappa shape index (κ2) is 9.60. The van der Waals surface area contributed by atoms with Crippen LogP contribution in [0.3, 0.4) is 0 Å². The van der Waals surface area contributed by atoms with Crippen LogP contribution in [0.5, 0.6) is 11.5 Å². The molecule has 0 aromatic heterocycles. The molecule has 4 heteroatoms. The van der Waals surface area contributed by atoms with E-state index in [1.54, 1.807) is 0 Å². The van der Waals surface area contributed by atoms with E-state index >= 15 is 0 Å². The monoisotopic (exact) mass is 327 g/mol. The first kappa shape index (κ1) is 17.9. The minimum absolute atomic E-state index is 0.0209. The Morgan fingerprint density at radius 2 is 1.75 bits per heavy atom. The topological polar surface area (TPSA) is 47.6 Å². The lowest BCUT2D eigenvalue weighted by atomic mass is 10.2. The van der Waals surface area contributed by atoms with Crippen molar-refractivity contribution < 1.29 is 14.3 Å². The molecule has 0 heterocycles. The maximum atomic E-state index is 11.9. The molecule has 2 aromatic rings. The fraction of sp³-hybridized carbons (Fsp3) is 0.350. The fourth-order valence-electron chi connectivity index (χ4n) is 2.26. The van der Waals surface area contributed by atoms with Gasteiger partial charge in [-0.2, -0.15) is 0 Å². The molecule has 0 fully saturated rings. The number of aryl methyl sites for hydroxylation is 1. The van der Waals surface area contributed by atoms with Crippen molar-refractivity contribution in [2.75, 3.05) is 13.2 Å². The molecule has 2 rings (SSSR count). The van der Waals surface area contributed by atoms with Gasteiger partial charge in [-0.25, -0.2) is 0 Å². The van der Waals surface area contributed by atoms with Crippen LogP contribution in [-0.4, -0.2) is 25.2 Å². The van der Waals surface area contributed by atoms with Gasteiger partial charge in [0.15, 0.2) is 0 Å². The first-order valence-electron chi connectivity index (χ1n) is 8.31. The van der Waals surface area contributed by atoms with Crippen molar-refractivity contribution in [3.05, 3.63) is 60.2 Å². The predicted octanol–water partition coefficient (Wildman–Crippen LogP) is 3.74. The summed E-state index contributed by atoms with van der Waals surface area (Å²) < 4.78 is 11.3. The van der Waals surface area contributed by atoms with Crippen LogP contribution in [0.1, 0.15) is 25.3 Å². The third kappa shape index (κ3) is 6.32. The molecule has 0 unspecified atom stereocenters. The summed E-state index contributed by atoms with van der Waals surface area (Å²) in [6.45, 7) is 4.94. The lowest BCUT2D eigenvalue weighted by Gasteiger charge is -2.16. The van der Waals surface area contributed by atoms with Gasteiger partial charge in [-0.15, -0.1) is 0 Å². The number of nitrogens with one attached hydrogen (secondary N) is 1. The highest BCUT2D eigenvalue weighted by Crippen LogP contribution is 2.16. The summed E-state index contributed by atoms with van der Waals surface area (Å²) in [7, 11) is 0. The van der Waals surface area contributed by atoms with Crippen LogP contribution < -0.4 is 14.8 Å². The highest BCUT2D eigenvalue weighted by molar-refractivity contribution is 5.76. The predicted molar refractivity (Wildman–Crippen MR) is 95.4 cm³/mol. The van der Waals surface area contributed by atoms with Crippen LogP contribution in [0.2, 0.25) is 0 Å². The Balaban J connectivity index is 1.60. The Morgan fingerprint density at radius 3 is 2.50 bits per heavy atom. The highest BCUT2D eigenvalue weighted by Gasteiger charge is 2.09. The van der Waals surface area contributed by atoms with Crippen molar-refractivity contribution >= 4 is 5.91 Å². The van der Waals surface area contributed by atoms with E-state index in [1.807, 2.05) is 68.4 Å². The van der Waals surface area contributed by atoms with Crippen LogP contribution in [0, 0.1) is 6.92 Å². The van der Waals surface area contributed by atoms with E-state index in [4.69, 9.17) is 9.47 Å². The molecule has 2 aromatic carbocycles. The van der Waals surface area contributed by atoms with Crippen LogP contribution in [-0.2, 0) is 4.79 Å². The minimum atomic E-state index is -0.0350. The van der Waals surface area contributed by atoms with Crippen molar-refractivity contribution in [3.8, 4) is 11.5 Å². The third-order valence-electron chi connectivity index (χ3n) is 3.55. The van der Waals surface area contributed by atoms with Gasteiger partial charge < -0.3 is 14.8 Å². The lowest BCUT2D eigenvalue weighted by Crippen LogP contribution is -2.36. The standard InChI is InChI=1S/C20H25NO3/c1-16-9-6-7-12-19(16)24-15-17(2)21-20(22)13-8-14-23-18-10-4-3-5-11-18/h3-7,9-12,17H,8,13-15H2,1-2H3,(H,21,22)/t17-/m0/s1. The van der Waals surface area contributed by atoms with E-state index in [2.05, 4.69) is 5.32 Å². The third-order valence-corrected chi connectivity index (χ3v) is 3.55. The van der Waals surface area contributed by atoms with Crippen molar-refractivity contribution in [1.82, 2.24) is 5.32 Å². The molecule has 0 aliphatic rings. The van der Waals surface area contributed by atoms with E-state index in [0.717, 1.165) is 17.1 Å². The molecule has 1 N–H and O–H groups in total. The average Bonchev–Trinajstić information content (AvgIpc) is 2.59. The number of carbonyl (C=O) groups is 1. The Bertz CT molecular complexity index is 628. The van der Waals surface area contributed by atoms with Gasteiger partial charge in [-0.1, -0.05) is 36.4 Å². The molecule has 24 heavy (non-hydrogen) atoms. The summed E-state index contributed by atoms with van der Waals surface area (Å²) in [5.74, 6) is 1.71. The van der Waals surface area contributed by atoms with Gasteiger partial charge >= 0.3 is 0 Å². The zero-order valence-corrected chi connectivity index (χ0v) is 14.3. The second-order valence-electron chi connectivity index (χ2n) is 5.81. The van der Waals surface area contributed by atoms with Gasteiger partial charge in [0.1, 0.15) is 18.1 Å². The maximum absolute atomic E-state index is 11.9. The molecule has 1 amide bonds. The first-order chi connectivity index (χ1) is 11.6. The summed E-state index contributed by atoms with van der Waals surface area (Å²) in [5.41, 5.74) is 1.09. The number of hydrogen-bond donors (Lipinski definition) is 1. The van der Waals surface area contributed by atoms with Gasteiger partial charge in [0, 0.05) is 6.42 Å². The molecular formula is C20H25NO3. The Labute approximate surface area is 143 Å². The van der Waals surface area contributed by atoms with Crippen LogP contribution in [0.15, 0.2) is 54.6 Å². The lowest BCUT2D eigenvalue weighted by molar-refractivity contribution is -0.122. The van der Waals surface area contributed by atoms with Crippen LogP contribution in [0.4, 0.5) is 0 Å². The molecule has 0 aliphatic heterocycles. The Kier molecular flexibility index (Phi) is 7.15. The molecule has 1 atom stereocenters. The molecule has 0 aliphatic carbocycles. The quantitative estimate of drug-likeness (QED) is 0.714. The van der Waals surface area contributed by atoms with Crippen molar-refractivity contribution in [2.45, 2.75) is 32.7 Å². The highest BCUT2D eigenvalue weighted by atomic mass is 16.5. The minimum Gasteiger partial charge on any atom is -0.494 e.